The number of ether oxygens (including phenoxy) is 1. The molecule has 0 fully saturated rings. The fourth-order valence-electron chi connectivity index (χ4n) is 1.61. The van der Waals surface area contributed by atoms with Crippen molar-refractivity contribution < 1.29 is 17.9 Å². The monoisotopic (exact) mass is 398 g/mol. The lowest BCUT2D eigenvalue weighted by Gasteiger charge is -2.12. The summed E-state index contributed by atoms with van der Waals surface area (Å²) < 4.78 is 28.0. The van der Waals surface area contributed by atoms with E-state index in [2.05, 4.69) is 21.2 Å². The van der Waals surface area contributed by atoms with Crippen LogP contribution in [0.15, 0.2) is 21.5 Å². The Balaban J connectivity index is 2.99. The van der Waals surface area contributed by atoms with Gasteiger partial charge >= 0.3 is 0 Å². The van der Waals surface area contributed by atoms with Crippen molar-refractivity contribution in [1.29, 1.82) is 0 Å². The van der Waals surface area contributed by atoms with Gasteiger partial charge in [0, 0.05) is 19.2 Å². The fraction of sp³-hybridized carbons (Fsp3) is 0.417. The van der Waals surface area contributed by atoms with E-state index in [0.717, 1.165) is 0 Å². The highest BCUT2D eigenvalue weighted by atomic mass is 79.9. The van der Waals surface area contributed by atoms with Crippen molar-refractivity contribution in [2.45, 2.75) is 11.8 Å². The molecule has 0 radical (unpaired) electrons. The summed E-state index contributed by atoms with van der Waals surface area (Å²) in [5.74, 6) is -0.306. The summed E-state index contributed by atoms with van der Waals surface area (Å²) in [6.45, 7) is 2.81. The van der Waals surface area contributed by atoms with Gasteiger partial charge in [0.25, 0.3) is 5.91 Å². The van der Waals surface area contributed by atoms with Crippen LogP contribution in [-0.4, -0.2) is 34.6 Å². The molecule has 1 aromatic carbocycles. The molecule has 0 aliphatic carbocycles. The lowest BCUT2D eigenvalue weighted by molar-refractivity contribution is 0.0934. The van der Waals surface area contributed by atoms with Crippen LogP contribution in [0.5, 0.6) is 0 Å². The van der Waals surface area contributed by atoms with Crippen LogP contribution in [-0.2, 0) is 14.8 Å². The second-order valence-corrected chi connectivity index (χ2v) is 7.32. The number of rotatable bonds is 6. The smallest absolute Gasteiger partial charge is 0.251 e. The molecule has 1 rings (SSSR count). The Bertz CT molecular complexity index is 636. The van der Waals surface area contributed by atoms with Gasteiger partial charge in [0.15, 0.2) is 0 Å². The summed E-state index contributed by atoms with van der Waals surface area (Å²) in [6, 6.07) is 2.55. The standard InChI is InChI=1S/C12H16BrClN2O4S/c1-7(6-20-2)5-16-12(17)8-3-9(14)11(13)10(4-8)21(15,18)19/h3-4,7H,5-6H2,1-2H3,(H,16,17)(H2,15,18,19). The van der Waals surface area contributed by atoms with Gasteiger partial charge < -0.3 is 10.1 Å². The lowest BCUT2D eigenvalue weighted by Crippen LogP contribution is -2.30. The number of methoxy groups -OCH3 is 1. The van der Waals surface area contributed by atoms with Gasteiger partial charge in [-0.1, -0.05) is 18.5 Å². The quantitative estimate of drug-likeness (QED) is 0.761. The highest BCUT2D eigenvalue weighted by molar-refractivity contribution is 9.10. The summed E-state index contributed by atoms with van der Waals surface area (Å²) in [4.78, 5) is 11.8. The maximum Gasteiger partial charge on any atom is 0.251 e. The first-order valence-electron chi connectivity index (χ1n) is 5.95. The van der Waals surface area contributed by atoms with Gasteiger partial charge in [0.2, 0.25) is 10.0 Å². The first-order chi connectivity index (χ1) is 9.66. The number of hydrogen-bond donors (Lipinski definition) is 2. The Morgan fingerprint density at radius 3 is 2.67 bits per heavy atom. The zero-order chi connectivity index (χ0) is 16.2. The van der Waals surface area contributed by atoms with Gasteiger partial charge in [-0.3, -0.25) is 4.79 Å². The Kier molecular flexibility index (Phi) is 6.61. The van der Waals surface area contributed by atoms with E-state index >= 15 is 0 Å². The van der Waals surface area contributed by atoms with Gasteiger partial charge in [-0.05, 0) is 34.0 Å². The third-order valence-corrected chi connectivity index (χ3v) is 5.20. The highest BCUT2D eigenvalue weighted by Gasteiger charge is 2.19. The summed E-state index contributed by atoms with van der Waals surface area (Å²) >= 11 is 8.96. The van der Waals surface area contributed by atoms with Crippen LogP contribution < -0.4 is 10.5 Å². The molecule has 0 aliphatic heterocycles. The Morgan fingerprint density at radius 1 is 1.52 bits per heavy atom. The minimum absolute atomic E-state index is 0.0941. The summed E-state index contributed by atoms with van der Waals surface area (Å²) in [5.41, 5.74) is 0.122. The van der Waals surface area contributed by atoms with E-state index in [1.807, 2.05) is 6.92 Å². The molecule has 0 bridgehead atoms. The van der Waals surface area contributed by atoms with E-state index in [1.165, 1.54) is 12.1 Å². The SMILES string of the molecule is COCC(C)CNC(=O)c1cc(Cl)c(Br)c(S(N)(=O)=O)c1. The second kappa shape index (κ2) is 7.55. The molecule has 1 amide bonds. The van der Waals surface area contributed by atoms with E-state index in [-0.39, 0.29) is 25.9 Å². The maximum absolute atomic E-state index is 12.0. The normalized spacial score (nSPS) is 13.0. The van der Waals surface area contributed by atoms with Crippen LogP contribution in [0.1, 0.15) is 17.3 Å². The summed E-state index contributed by atoms with van der Waals surface area (Å²) in [6.07, 6.45) is 0. The largest absolute Gasteiger partial charge is 0.384 e. The van der Waals surface area contributed by atoms with E-state index in [1.54, 1.807) is 7.11 Å². The first-order valence-corrected chi connectivity index (χ1v) is 8.67. The molecule has 0 aliphatic rings. The average molecular weight is 400 g/mol. The third kappa shape index (κ3) is 5.23. The molecule has 0 saturated carbocycles. The molecule has 6 nitrogen and oxygen atoms in total. The Morgan fingerprint density at radius 2 is 2.14 bits per heavy atom. The van der Waals surface area contributed by atoms with Crippen molar-refractivity contribution in [3.05, 3.63) is 27.2 Å². The number of halogens is 2. The van der Waals surface area contributed by atoms with Crippen molar-refractivity contribution in [2.24, 2.45) is 11.1 Å². The second-order valence-electron chi connectivity index (χ2n) is 4.59. The molecule has 1 aromatic rings. The molecule has 21 heavy (non-hydrogen) atoms. The number of carbonyl (C=O) groups excluding carboxylic acids is 1. The fourth-order valence-corrected chi connectivity index (χ4v) is 3.45. The van der Waals surface area contributed by atoms with E-state index in [4.69, 9.17) is 21.5 Å². The highest BCUT2D eigenvalue weighted by Crippen LogP contribution is 2.30. The summed E-state index contributed by atoms with van der Waals surface area (Å²) in [5, 5.41) is 7.87. The minimum atomic E-state index is -3.98. The summed E-state index contributed by atoms with van der Waals surface area (Å²) in [7, 11) is -2.41. The zero-order valence-electron chi connectivity index (χ0n) is 11.5. The predicted octanol–water partition coefficient (Wildman–Crippen LogP) is 1.76. The maximum atomic E-state index is 12.0. The minimum Gasteiger partial charge on any atom is -0.384 e. The van der Waals surface area contributed by atoms with E-state index in [0.29, 0.717) is 13.2 Å². The molecule has 9 heteroatoms. The van der Waals surface area contributed by atoms with E-state index < -0.39 is 15.9 Å². The molecule has 0 aromatic heterocycles. The van der Waals surface area contributed by atoms with Crippen molar-refractivity contribution in [1.82, 2.24) is 5.32 Å². The van der Waals surface area contributed by atoms with Gasteiger partial charge in [-0.2, -0.15) is 0 Å². The van der Waals surface area contributed by atoms with Crippen molar-refractivity contribution >= 4 is 43.5 Å². The molecule has 118 valence electrons. The van der Waals surface area contributed by atoms with Crippen LogP contribution in [0, 0.1) is 5.92 Å². The first kappa shape index (κ1) is 18.4. The number of sulfonamides is 1. The third-order valence-electron chi connectivity index (χ3n) is 2.63. The Labute approximate surface area is 137 Å². The molecule has 1 atom stereocenters. The Hall–Kier alpha value is -0.670. The lowest BCUT2D eigenvalue weighted by atomic mass is 10.1. The number of carbonyl (C=O) groups is 1. The van der Waals surface area contributed by atoms with Gasteiger partial charge in [-0.25, -0.2) is 13.6 Å². The molecule has 0 spiro atoms. The van der Waals surface area contributed by atoms with E-state index in [9.17, 15) is 13.2 Å². The molecule has 0 saturated heterocycles. The number of nitrogens with two attached hydrogens (primary N) is 1. The van der Waals surface area contributed by atoms with Gasteiger partial charge in [-0.15, -0.1) is 0 Å². The zero-order valence-corrected chi connectivity index (χ0v) is 14.7. The molecule has 0 heterocycles. The topological polar surface area (TPSA) is 98.5 Å². The number of primary sulfonamides is 1. The molecule has 1 unspecified atom stereocenters. The predicted molar refractivity (Wildman–Crippen MR) is 83.9 cm³/mol. The number of nitrogens with one attached hydrogen (secondary N) is 1. The average Bonchev–Trinajstić information content (AvgIpc) is 2.38. The number of amides is 1. The molecule has 3 N–H and O–H groups in total. The van der Waals surface area contributed by atoms with Crippen LogP contribution in [0.25, 0.3) is 0 Å². The molecular formula is C12H16BrClN2O4S. The van der Waals surface area contributed by atoms with Crippen LogP contribution in [0.4, 0.5) is 0 Å². The number of hydrogen-bond acceptors (Lipinski definition) is 4. The molecular weight excluding hydrogens is 384 g/mol. The van der Waals surface area contributed by atoms with Gasteiger partial charge in [0.1, 0.15) is 0 Å². The van der Waals surface area contributed by atoms with Crippen LogP contribution in [0.3, 0.4) is 0 Å². The van der Waals surface area contributed by atoms with Crippen molar-refractivity contribution in [3.63, 3.8) is 0 Å². The van der Waals surface area contributed by atoms with Crippen molar-refractivity contribution in [2.75, 3.05) is 20.3 Å². The number of benzene rings is 1. The van der Waals surface area contributed by atoms with Crippen LogP contribution >= 0.6 is 27.5 Å². The van der Waals surface area contributed by atoms with Crippen molar-refractivity contribution in [3.8, 4) is 0 Å². The van der Waals surface area contributed by atoms with Crippen LogP contribution in [0.2, 0.25) is 5.02 Å². The van der Waals surface area contributed by atoms with Gasteiger partial charge in [0.05, 0.1) is 21.0 Å².